The van der Waals surface area contributed by atoms with Crippen molar-refractivity contribution in [2.75, 3.05) is 26.6 Å². The highest BCUT2D eigenvalue weighted by Gasteiger charge is 2.37. The third-order valence-corrected chi connectivity index (χ3v) is 5.78. The van der Waals surface area contributed by atoms with Crippen LogP contribution in [0.15, 0.2) is 48.5 Å². The molecule has 202 valence electrons. The molecule has 1 N–H and O–H groups in total. The summed E-state index contributed by atoms with van der Waals surface area (Å²) in [5, 5.41) is 5.69. The Morgan fingerprint density at radius 1 is 0.949 bits per heavy atom. The second-order valence-corrected chi connectivity index (χ2v) is 8.27. The number of carbonyl (C=O) groups is 3. The van der Waals surface area contributed by atoms with Crippen LogP contribution in [0, 0.1) is 0 Å². The quantitative estimate of drug-likeness (QED) is 0.329. The molecule has 0 unspecified atom stereocenters. The van der Waals surface area contributed by atoms with Gasteiger partial charge in [-0.1, -0.05) is 23.7 Å². The first-order chi connectivity index (χ1) is 18.5. The predicted octanol–water partition coefficient (Wildman–Crippen LogP) is 4.90. The zero-order valence-corrected chi connectivity index (χ0v) is 21.2. The van der Waals surface area contributed by atoms with Gasteiger partial charge in [0.1, 0.15) is 10.8 Å². The summed E-state index contributed by atoms with van der Waals surface area (Å²) in [6.07, 6.45) is -4.89. The van der Waals surface area contributed by atoms with E-state index in [2.05, 4.69) is 24.9 Å². The second kappa shape index (κ2) is 10.6. The van der Waals surface area contributed by atoms with Gasteiger partial charge in [-0.3, -0.25) is 4.79 Å². The van der Waals surface area contributed by atoms with E-state index in [1.165, 1.54) is 37.4 Å². The fraction of sp³-hybridized carbons (Fsp3) is 0.160. The van der Waals surface area contributed by atoms with Gasteiger partial charge >= 0.3 is 18.1 Å². The average molecular weight is 563 g/mol. The van der Waals surface area contributed by atoms with Crippen LogP contribution in [0.3, 0.4) is 0 Å². The Morgan fingerprint density at radius 2 is 1.59 bits per heavy atom. The fourth-order valence-electron chi connectivity index (χ4n) is 3.63. The fourth-order valence-corrected chi connectivity index (χ4v) is 3.88. The highest BCUT2D eigenvalue weighted by atomic mass is 35.5. The standard InChI is InChI=1S/C25H18ClF3N4O6/c1-37-16-6-4-5-12(10-16)17-11-18(25(27,28)29)33-21(31-17)19(26)20(32-33)22(34)30-15-8-13(23(35)38-2)7-14(9-15)24(36)39-3/h4-11H,1-3H3,(H,30,34). The van der Waals surface area contributed by atoms with E-state index < -0.39 is 46.1 Å². The molecule has 0 saturated heterocycles. The number of amides is 1. The third kappa shape index (κ3) is 5.48. The highest BCUT2D eigenvalue weighted by Crippen LogP contribution is 2.35. The minimum atomic E-state index is -4.89. The highest BCUT2D eigenvalue weighted by molar-refractivity contribution is 6.37. The average Bonchev–Trinajstić information content (AvgIpc) is 3.27. The van der Waals surface area contributed by atoms with Crippen LogP contribution >= 0.6 is 11.6 Å². The smallest absolute Gasteiger partial charge is 0.433 e. The number of halogens is 4. The Balaban J connectivity index is 1.81. The number of rotatable bonds is 6. The maximum Gasteiger partial charge on any atom is 0.433 e. The van der Waals surface area contributed by atoms with E-state index in [0.29, 0.717) is 15.8 Å². The summed E-state index contributed by atoms with van der Waals surface area (Å²) in [4.78, 5) is 41.3. The van der Waals surface area contributed by atoms with Crippen molar-refractivity contribution in [2.24, 2.45) is 0 Å². The van der Waals surface area contributed by atoms with Gasteiger partial charge in [0.15, 0.2) is 17.0 Å². The number of aromatic nitrogens is 3. The number of alkyl halides is 3. The van der Waals surface area contributed by atoms with Crippen molar-refractivity contribution < 1.29 is 41.8 Å². The van der Waals surface area contributed by atoms with Crippen molar-refractivity contribution in [3.63, 3.8) is 0 Å². The van der Waals surface area contributed by atoms with E-state index in [9.17, 15) is 27.6 Å². The zero-order valence-electron chi connectivity index (χ0n) is 20.4. The van der Waals surface area contributed by atoms with Gasteiger partial charge in [0.2, 0.25) is 0 Å². The number of ether oxygens (including phenoxy) is 3. The minimum absolute atomic E-state index is 0.0718. The van der Waals surface area contributed by atoms with Crippen LogP contribution in [0.1, 0.15) is 36.9 Å². The van der Waals surface area contributed by atoms with Gasteiger partial charge in [-0.2, -0.15) is 18.3 Å². The van der Waals surface area contributed by atoms with Crippen molar-refractivity contribution >= 4 is 40.8 Å². The van der Waals surface area contributed by atoms with Gasteiger partial charge in [-0.15, -0.1) is 0 Å². The van der Waals surface area contributed by atoms with Gasteiger partial charge in [0.05, 0.1) is 38.2 Å². The van der Waals surface area contributed by atoms with Crippen LogP contribution in [-0.2, 0) is 15.7 Å². The van der Waals surface area contributed by atoms with Crippen LogP contribution in [0.2, 0.25) is 5.02 Å². The van der Waals surface area contributed by atoms with Crippen molar-refractivity contribution in [1.29, 1.82) is 0 Å². The summed E-state index contributed by atoms with van der Waals surface area (Å²) in [6.45, 7) is 0. The monoisotopic (exact) mass is 562 g/mol. The summed E-state index contributed by atoms with van der Waals surface area (Å²) in [5.41, 5.74) is -2.28. The Labute approximate surface area is 223 Å². The molecule has 0 aliphatic heterocycles. The molecule has 1 amide bonds. The maximum absolute atomic E-state index is 14.0. The number of nitrogens with zero attached hydrogens (tertiary/aromatic N) is 3. The molecule has 14 heteroatoms. The summed E-state index contributed by atoms with van der Waals surface area (Å²) >= 11 is 6.32. The molecule has 0 fully saturated rings. The first-order valence-corrected chi connectivity index (χ1v) is 11.3. The van der Waals surface area contributed by atoms with E-state index in [0.717, 1.165) is 20.3 Å². The van der Waals surface area contributed by atoms with E-state index >= 15 is 0 Å². The lowest BCUT2D eigenvalue weighted by Gasteiger charge is -2.11. The molecule has 4 aromatic rings. The third-order valence-electron chi connectivity index (χ3n) is 5.44. The molecule has 0 saturated carbocycles. The lowest BCUT2D eigenvalue weighted by molar-refractivity contribution is -0.142. The van der Waals surface area contributed by atoms with Crippen LogP contribution in [0.25, 0.3) is 16.9 Å². The number of hydrogen-bond donors (Lipinski definition) is 1. The number of methoxy groups -OCH3 is 3. The maximum atomic E-state index is 14.0. The number of carbonyl (C=O) groups excluding carboxylic acids is 3. The molecule has 4 rings (SSSR count). The molecule has 2 heterocycles. The van der Waals surface area contributed by atoms with Crippen LogP contribution < -0.4 is 10.1 Å². The van der Waals surface area contributed by atoms with Gasteiger partial charge < -0.3 is 19.5 Å². The minimum Gasteiger partial charge on any atom is -0.497 e. The SMILES string of the molecule is COC(=O)c1cc(NC(=O)c2nn3c(C(F)(F)F)cc(-c4cccc(OC)c4)nc3c2Cl)cc(C(=O)OC)c1. The Bertz CT molecular complexity index is 1590. The molecular weight excluding hydrogens is 545 g/mol. The summed E-state index contributed by atoms with van der Waals surface area (Å²) in [7, 11) is 3.64. The van der Waals surface area contributed by atoms with Crippen molar-refractivity contribution in [3.05, 3.63) is 76.1 Å². The first-order valence-electron chi connectivity index (χ1n) is 10.9. The molecule has 2 aromatic carbocycles. The van der Waals surface area contributed by atoms with E-state index in [1.807, 2.05) is 0 Å². The normalized spacial score (nSPS) is 11.3. The van der Waals surface area contributed by atoms with Crippen LogP contribution in [-0.4, -0.2) is 53.8 Å². The number of fused-ring (bicyclic) bond motifs is 1. The van der Waals surface area contributed by atoms with Crippen LogP contribution in [0.5, 0.6) is 5.75 Å². The molecular formula is C25H18ClF3N4O6. The van der Waals surface area contributed by atoms with Crippen LogP contribution in [0.4, 0.5) is 18.9 Å². The number of nitrogens with one attached hydrogen (secondary N) is 1. The van der Waals surface area contributed by atoms with Gasteiger partial charge in [0.25, 0.3) is 5.91 Å². The molecule has 0 radical (unpaired) electrons. The second-order valence-electron chi connectivity index (χ2n) is 7.89. The molecule has 0 bridgehead atoms. The first kappa shape index (κ1) is 27.4. The lowest BCUT2D eigenvalue weighted by atomic mass is 10.1. The number of anilines is 1. The number of benzene rings is 2. The molecule has 0 aliphatic carbocycles. The number of hydrogen-bond acceptors (Lipinski definition) is 8. The Morgan fingerprint density at radius 3 is 2.15 bits per heavy atom. The van der Waals surface area contributed by atoms with Crippen molar-refractivity contribution in [1.82, 2.24) is 14.6 Å². The summed E-state index contributed by atoms with van der Waals surface area (Å²) in [5.74, 6) is -2.26. The largest absolute Gasteiger partial charge is 0.497 e. The molecule has 2 aromatic heterocycles. The summed E-state index contributed by atoms with van der Waals surface area (Å²) < 4.78 is 56.9. The lowest BCUT2D eigenvalue weighted by Crippen LogP contribution is -2.16. The molecule has 10 nitrogen and oxygen atoms in total. The molecule has 0 spiro atoms. The van der Waals surface area contributed by atoms with Gasteiger partial charge in [0, 0.05) is 11.3 Å². The van der Waals surface area contributed by atoms with E-state index in [1.54, 1.807) is 12.1 Å². The van der Waals surface area contributed by atoms with Gasteiger partial charge in [-0.05, 0) is 36.4 Å². The number of esters is 2. The van der Waals surface area contributed by atoms with Crippen molar-refractivity contribution in [3.8, 4) is 17.0 Å². The Kier molecular flexibility index (Phi) is 7.45. The Hall–Kier alpha value is -4.65. The molecule has 39 heavy (non-hydrogen) atoms. The summed E-state index contributed by atoms with van der Waals surface area (Å²) in [6, 6.07) is 10.6. The van der Waals surface area contributed by atoms with E-state index in [4.69, 9.17) is 16.3 Å². The molecule has 0 aliphatic rings. The van der Waals surface area contributed by atoms with E-state index in [-0.39, 0.29) is 22.5 Å². The topological polar surface area (TPSA) is 121 Å². The van der Waals surface area contributed by atoms with Crippen molar-refractivity contribution in [2.45, 2.75) is 6.18 Å². The zero-order chi connectivity index (χ0) is 28.5. The van der Waals surface area contributed by atoms with Gasteiger partial charge in [-0.25, -0.2) is 19.1 Å². The predicted molar refractivity (Wildman–Crippen MR) is 132 cm³/mol. The molecule has 0 atom stereocenters.